The number of rotatable bonds is 4. The fourth-order valence-electron chi connectivity index (χ4n) is 4.00. The van der Waals surface area contributed by atoms with Crippen molar-refractivity contribution in [3.8, 4) is 0 Å². The van der Waals surface area contributed by atoms with Crippen LogP contribution in [0.2, 0.25) is 0 Å². The van der Waals surface area contributed by atoms with Gasteiger partial charge in [0.15, 0.2) is 0 Å². The van der Waals surface area contributed by atoms with Crippen LogP contribution in [0.25, 0.3) is 10.9 Å². The van der Waals surface area contributed by atoms with E-state index in [1.54, 1.807) is 18.3 Å². The molecule has 1 amide bonds. The van der Waals surface area contributed by atoms with E-state index in [-0.39, 0.29) is 5.91 Å². The predicted molar refractivity (Wildman–Crippen MR) is 113 cm³/mol. The van der Waals surface area contributed by atoms with Crippen molar-refractivity contribution in [1.82, 2.24) is 19.8 Å². The summed E-state index contributed by atoms with van der Waals surface area (Å²) in [6, 6.07) is 10.6. The van der Waals surface area contributed by atoms with Crippen molar-refractivity contribution >= 4 is 28.1 Å². The monoisotopic (exact) mass is 394 g/mol. The number of carbonyl (C=O) groups excluding carboxylic acids is 1. The van der Waals surface area contributed by atoms with Gasteiger partial charge in [-0.1, -0.05) is 12.1 Å². The zero-order valence-corrected chi connectivity index (χ0v) is 17.3. The first-order chi connectivity index (χ1) is 13.6. The van der Waals surface area contributed by atoms with Crippen LogP contribution in [0.15, 0.2) is 42.0 Å². The maximum atomic E-state index is 12.1. The van der Waals surface area contributed by atoms with Crippen LogP contribution >= 0.6 is 11.3 Å². The highest BCUT2D eigenvalue weighted by Gasteiger charge is 2.25. The number of thiazole rings is 1. The minimum absolute atomic E-state index is 0.170. The van der Waals surface area contributed by atoms with Gasteiger partial charge in [0.2, 0.25) is 5.91 Å². The van der Waals surface area contributed by atoms with Gasteiger partial charge >= 0.3 is 0 Å². The average Bonchev–Trinajstić information content (AvgIpc) is 2.97. The zero-order chi connectivity index (χ0) is 19.5. The third-order valence-corrected chi connectivity index (χ3v) is 6.45. The molecule has 0 spiro atoms. The fourth-order valence-corrected chi connectivity index (χ4v) is 4.82. The second kappa shape index (κ2) is 8.37. The zero-order valence-electron chi connectivity index (χ0n) is 16.5. The van der Waals surface area contributed by atoms with Crippen LogP contribution in [0.3, 0.4) is 0 Å². The standard InChI is InChI=1S/C22H26N4OS/c1-16-22(28-15-24-16)14-25-8-9-26(17(2)27)13-19(12-25)10-18-5-6-21-20(11-18)4-3-7-23-21/h3-7,11,15,19H,8-10,12-14H2,1-2H3. The van der Waals surface area contributed by atoms with Gasteiger partial charge < -0.3 is 4.90 Å². The van der Waals surface area contributed by atoms with E-state index in [1.807, 2.05) is 22.7 Å². The normalized spacial score (nSPS) is 18.4. The van der Waals surface area contributed by atoms with Crippen LogP contribution < -0.4 is 0 Å². The fraction of sp³-hybridized carbons (Fsp3) is 0.409. The van der Waals surface area contributed by atoms with Gasteiger partial charge in [-0.15, -0.1) is 11.3 Å². The Labute approximate surface area is 170 Å². The number of hydrogen-bond donors (Lipinski definition) is 0. The number of nitrogens with zero attached hydrogens (tertiary/aromatic N) is 4. The Morgan fingerprint density at radius 1 is 1.21 bits per heavy atom. The van der Waals surface area contributed by atoms with Crippen molar-refractivity contribution in [2.75, 3.05) is 26.2 Å². The molecule has 5 nitrogen and oxygen atoms in total. The summed E-state index contributed by atoms with van der Waals surface area (Å²) < 4.78 is 0. The average molecular weight is 395 g/mol. The van der Waals surface area contributed by atoms with E-state index >= 15 is 0 Å². The van der Waals surface area contributed by atoms with Gasteiger partial charge in [0.05, 0.1) is 16.7 Å². The number of carbonyl (C=O) groups is 1. The third-order valence-electron chi connectivity index (χ3n) is 5.53. The molecule has 0 saturated carbocycles. The maximum Gasteiger partial charge on any atom is 0.219 e. The van der Waals surface area contributed by atoms with E-state index in [4.69, 9.17) is 0 Å². The van der Waals surface area contributed by atoms with Crippen LogP contribution in [-0.2, 0) is 17.8 Å². The van der Waals surface area contributed by atoms with Gasteiger partial charge in [-0.2, -0.15) is 0 Å². The summed E-state index contributed by atoms with van der Waals surface area (Å²) in [5.74, 6) is 0.581. The molecule has 0 radical (unpaired) electrons. The molecule has 1 fully saturated rings. The van der Waals surface area contributed by atoms with Gasteiger partial charge in [-0.25, -0.2) is 4.98 Å². The molecule has 2 aromatic heterocycles. The van der Waals surface area contributed by atoms with E-state index in [2.05, 4.69) is 46.1 Å². The number of fused-ring (bicyclic) bond motifs is 1. The number of hydrogen-bond acceptors (Lipinski definition) is 5. The Bertz CT molecular complexity index is 970. The molecule has 3 heterocycles. The largest absolute Gasteiger partial charge is 0.341 e. The topological polar surface area (TPSA) is 49.3 Å². The van der Waals surface area contributed by atoms with Gasteiger partial charge in [-0.05, 0) is 43.0 Å². The summed E-state index contributed by atoms with van der Waals surface area (Å²) in [5.41, 5.74) is 5.38. The van der Waals surface area contributed by atoms with E-state index in [0.29, 0.717) is 5.92 Å². The predicted octanol–water partition coefficient (Wildman–Crippen LogP) is 3.52. The number of aromatic nitrogens is 2. The molecule has 1 aliphatic heterocycles. The number of benzene rings is 1. The summed E-state index contributed by atoms with van der Waals surface area (Å²) in [4.78, 5) is 26.7. The van der Waals surface area contributed by atoms with Gasteiger partial charge in [-0.3, -0.25) is 14.7 Å². The highest BCUT2D eigenvalue weighted by molar-refractivity contribution is 7.09. The van der Waals surface area contributed by atoms with E-state index < -0.39 is 0 Å². The summed E-state index contributed by atoms with van der Waals surface area (Å²) in [5, 5.41) is 1.18. The van der Waals surface area contributed by atoms with Crippen LogP contribution in [0.1, 0.15) is 23.1 Å². The first kappa shape index (κ1) is 19.0. The molecular weight excluding hydrogens is 368 g/mol. The lowest BCUT2D eigenvalue weighted by Crippen LogP contribution is -2.34. The smallest absolute Gasteiger partial charge is 0.219 e. The molecule has 0 aliphatic carbocycles. The summed E-state index contributed by atoms with van der Waals surface area (Å²) >= 11 is 1.72. The molecule has 1 aromatic carbocycles. The minimum atomic E-state index is 0.170. The highest BCUT2D eigenvalue weighted by atomic mass is 32.1. The molecular formula is C22H26N4OS. The highest BCUT2D eigenvalue weighted by Crippen LogP contribution is 2.22. The maximum absolute atomic E-state index is 12.1. The molecule has 6 heteroatoms. The van der Waals surface area contributed by atoms with E-state index in [9.17, 15) is 4.79 Å². The first-order valence-corrected chi connectivity index (χ1v) is 10.7. The number of pyridine rings is 1. The van der Waals surface area contributed by atoms with Crippen molar-refractivity contribution in [2.24, 2.45) is 5.92 Å². The second-order valence-electron chi connectivity index (χ2n) is 7.66. The van der Waals surface area contributed by atoms with Gasteiger partial charge in [0.1, 0.15) is 0 Å². The molecule has 1 unspecified atom stereocenters. The van der Waals surface area contributed by atoms with E-state index in [1.165, 1.54) is 15.8 Å². The summed E-state index contributed by atoms with van der Waals surface area (Å²) in [6.07, 6.45) is 2.80. The minimum Gasteiger partial charge on any atom is -0.341 e. The van der Waals surface area contributed by atoms with Gasteiger partial charge in [0, 0.05) is 56.1 Å². The lowest BCUT2D eigenvalue weighted by Gasteiger charge is -2.24. The Kier molecular flexibility index (Phi) is 5.69. The van der Waals surface area contributed by atoms with Crippen molar-refractivity contribution in [3.05, 3.63) is 58.2 Å². The Balaban J connectivity index is 1.53. The Morgan fingerprint density at radius 3 is 2.89 bits per heavy atom. The van der Waals surface area contributed by atoms with Crippen LogP contribution in [0.5, 0.6) is 0 Å². The number of amides is 1. The lowest BCUT2D eigenvalue weighted by molar-refractivity contribution is -0.129. The quantitative estimate of drug-likeness (QED) is 0.679. The molecule has 146 valence electrons. The molecule has 0 N–H and O–H groups in total. The SMILES string of the molecule is CC(=O)N1CCN(Cc2scnc2C)CC(Cc2ccc3ncccc3c2)C1. The first-order valence-electron chi connectivity index (χ1n) is 9.79. The second-order valence-corrected chi connectivity index (χ2v) is 8.60. The van der Waals surface area contributed by atoms with Crippen molar-refractivity contribution < 1.29 is 4.79 Å². The Morgan fingerprint density at radius 2 is 2.11 bits per heavy atom. The molecule has 1 aliphatic rings. The van der Waals surface area contributed by atoms with Crippen LogP contribution in [0.4, 0.5) is 0 Å². The van der Waals surface area contributed by atoms with Crippen LogP contribution in [0, 0.1) is 12.8 Å². The Hall–Kier alpha value is -2.31. The summed E-state index contributed by atoms with van der Waals surface area (Å²) in [6.45, 7) is 8.19. The molecule has 0 bridgehead atoms. The van der Waals surface area contributed by atoms with E-state index in [0.717, 1.165) is 50.4 Å². The van der Waals surface area contributed by atoms with Gasteiger partial charge in [0.25, 0.3) is 0 Å². The van der Waals surface area contributed by atoms with Crippen molar-refractivity contribution in [3.63, 3.8) is 0 Å². The lowest BCUT2D eigenvalue weighted by atomic mass is 9.97. The van der Waals surface area contributed by atoms with Crippen LogP contribution in [-0.4, -0.2) is 51.9 Å². The third kappa shape index (κ3) is 4.39. The molecule has 4 rings (SSSR count). The van der Waals surface area contributed by atoms with Crippen molar-refractivity contribution in [2.45, 2.75) is 26.8 Å². The molecule has 28 heavy (non-hydrogen) atoms. The number of aryl methyl sites for hydroxylation is 1. The molecule has 1 saturated heterocycles. The van der Waals surface area contributed by atoms with Crippen molar-refractivity contribution in [1.29, 1.82) is 0 Å². The molecule has 1 atom stereocenters. The summed E-state index contributed by atoms with van der Waals surface area (Å²) in [7, 11) is 0. The molecule has 3 aromatic rings.